The number of ether oxygens (including phenoxy) is 2. The van der Waals surface area contributed by atoms with Crippen LogP contribution in [0.3, 0.4) is 0 Å². The highest BCUT2D eigenvalue weighted by molar-refractivity contribution is 8.77. The van der Waals surface area contributed by atoms with E-state index in [0.717, 1.165) is 36.9 Å². The van der Waals surface area contributed by atoms with Crippen LogP contribution in [-0.2, 0) is 9.47 Å². The Morgan fingerprint density at radius 2 is 1.33 bits per heavy atom. The lowest BCUT2D eigenvalue weighted by Crippen LogP contribution is -2.03. The first-order chi connectivity index (χ1) is 5.95. The van der Waals surface area contributed by atoms with Crippen molar-refractivity contribution in [1.82, 2.24) is 0 Å². The van der Waals surface area contributed by atoms with Crippen LogP contribution in [0.1, 0.15) is 12.8 Å². The third-order valence-electron chi connectivity index (χ3n) is 2.10. The Balaban J connectivity index is 1.60. The van der Waals surface area contributed by atoms with Crippen LogP contribution in [0, 0.1) is 0 Å². The summed E-state index contributed by atoms with van der Waals surface area (Å²) in [5.41, 5.74) is 0. The lowest BCUT2D eigenvalue weighted by atomic mass is 10.4. The van der Waals surface area contributed by atoms with Gasteiger partial charge in [-0.3, -0.25) is 0 Å². The van der Waals surface area contributed by atoms with Crippen LogP contribution in [-0.4, -0.2) is 36.9 Å². The number of hydrogen-bond acceptors (Lipinski definition) is 4. The molecule has 0 N–H and O–H groups in total. The van der Waals surface area contributed by atoms with Gasteiger partial charge in [-0.25, -0.2) is 0 Å². The lowest BCUT2D eigenvalue weighted by Gasteiger charge is -2.09. The normalized spacial score (nSPS) is 36.0. The summed E-state index contributed by atoms with van der Waals surface area (Å²) in [6, 6.07) is 0. The number of rotatable bonds is 3. The molecule has 2 heterocycles. The maximum absolute atomic E-state index is 5.31. The molecule has 0 aromatic rings. The van der Waals surface area contributed by atoms with E-state index in [1.54, 1.807) is 0 Å². The third kappa shape index (κ3) is 2.55. The van der Waals surface area contributed by atoms with E-state index in [4.69, 9.17) is 9.47 Å². The van der Waals surface area contributed by atoms with E-state index in [1.807, 2.05) is 21.6 Å². The summed E-state index contributed by atoms with van der Waals surface area (Å²) in [6.07, 6.45) is 2.45. The van der Waals surface area contributed by atoms with Crippen molar-refractivity contribution in [2.24, 2.45) is 0 Å². The van der Waals surface area contributed by atoms with Gasteiger partial charge in [0.15, 0.2) is 0 Å². The van der Waals surface area contributed by atoms with Crippen molar-refractivity contribution in [3.05, 3.63) is 0 Å². The average molecular weight is 206 g/mol. The predicted octanol–water partition coefficient (Wildman–Crippen LogP) is 1.95. The second-order valence-electron chi connectivity index (χ2n) is 3.16. The first kappa shape index (κ1) is 9.19. The van der Waals surface area contributed by atoms with Gasteiger partial charge in [-0.2, -0.15) is 0 Å². The molecule has 0 spiro atoms. The monoisotopic (exact) mass is 206 g/mol. The standard InChI is InChI=1S/C8H14O2S2/c1-3-9-5-7(1)11-12-8-2-4-10-6-8/h7-8H,1-6H2. The van der Waals surface area contributed by atoms with Gasteiger partial charge in [-0.1, -0.05) is 21.6 Å². The molecule has 2 rings (SSSR count). The molecule has 2 unspecified atom stereocenters. The fraction of sp³-hybridized carbons (Fsp3) is 1.00. The van der Waals surface area contributed by atoms with Crippen LogP contribution in [0.5, 0.6) is 0 Å². The smallest absolute Gasteiger partial charge is 0.0594 e. The molecule has 2 aliphatic heterocycles. The van der Waals surface area contributed by atoms with Crippen LogP contribution in [0.25, 0.3) is 0 Å². The fourth-order valence-electron chi connectivity index (χ4n) is 1.33. The van der Waals surface area contributed by atoms with E-state index in [1.165, 1.54) is 12.8 Å². The molecule has 4 heteroatoms. The Hall–Kier alpha value is 0.620. The molecule has 0 aliphatic carbocycles. The van der Waals surface area contributed by atoms with E-state index in [2.05, 4.69) is 0 Å². The highest BCUT2D eigenvalue weighted by Gasteiger charge is 2.21. The van der Waals surface area contributed by atoms with Crippen molar-refractivity contribution in [1.29, 1.82) is 0 Å². The largest absolute Gasteiger partial charge is 0.380 e. The summed E-state index contributed by atoms with van der Waals surface area (Å²) in [5.74, 6) is 0. The van der Waals surface area contributed by atoms with Gasteiger partial charge >= 0.3 is 0 Å². The summed E-state index contributed by atoms with van der Waals surface area (Å²) in [4.78, 5) is 0. The zero-order valence-corrected chi connectivity index (χ0v) is 8.66. The minimum Gasteiger partial charge on any atom is -0.380 e. The molecule has 70 valence electrons. The summed E-state index contributed by atoms with van der Waals surface area (Å²) >= 11 is 0. The summed E-state index contributed by atoms with van der Waals surface area (Å²) < 4.78 is 10.6. The molecule has 12 heavy (non-hydrogen) atoms. The number of hydrogen-bond donors (Lipinski definition) is 0. The van der Waals surface area contributed by atoms with Gasteiger partial charge in [-0.05, 0) is 12.8 Å². The molecule has 2 atom stereocenters. The molecule has 0 radical (unpaired) electrons. The minimum absolute atomic E-state index is 0.732. The first-order valence-corrected chi connectivity index (χ1v) is 6.70. The highest BCUT2D eigenvalue weighted by atomic mass is 33.1. The zero-order chi connectivity index (χ0) is 8.23. The van der Waals surface area contributed by atoms with Crippen LogP contribution in [0.4, 0.5) is 0 Å². The van der Waals surface area contributed by atoms with Gasteiger partial charge in [0.2, 0.25) is 0 Å². The third-order valence-corrected chi connectivity index (χ3v) is 5.47. The van der Waals surface area contributed by atoms with Crippen molar-refractivity contribution < 1.29 is 9.47 Å². The molecule has 0 aromatic heterocycles. The molecule has 0 saturated carbocycles. The predicted molar refractivity (Wildman–Crippen MR) is 53.6 cm³/mol. The Kier molecular flexibility index (Phi) is 3.63. The van der Waals surface area contributed by atoms with Crippen LogP contribution >= 0.6 is 21.6 Å². The van der Waals surface area contributed by atoms with E-state index in [0.29, 0.717) is 0 Å². The van der Waals surface area contributed by atoms with Crippen molar-refractivity contribution in [2.45, 2.75) is 23.3 Å². The Morgan fingerprint density at radius 3 is 1.67 bits per heavy atom. The van der Waals surface area contributed by atoms with Crippen molar-refractivity contribution in [3.63, 3.8) is 0 Å². The quantitative estimate of drug-likeness (QED) is 0.657. The topological polar surface area (TPSA) is 18.5 Å². The summed E-state index contributed by atoms with van der Waals surface area (Å²) in [6.45, 7) is 3.81. The van der Waals surface area contributed by atoms with Crippen molar-refractivity contribution in [2.75, 3.05) is 26.4 Å². The molecule has 2 aliphatic rings. The van der Waals surface area contributed by atoms with E-state index in [-0.39, 0.29) is 0 Å². The van der Waals surface area contributed by atoms with E-state index in [9.17, 15) is 0 Å². The maximum atomic E-state index is 5.31. The van der Waals surface area contributed by atoms with Gasteiger partial charge in [0, 0.05) is 23.7 Å². The van der Waals surface area contributed by atoms with Crippen molar-refractivity contribution >= 4 is 21.6 Å². The van der Waals surface area contributed by atoms with Crippen LogP contribution < -0.4 is 0 Å². The van der Waals surface area contributed by atoms with Crippen LogP contribution in [0.15, 0.2) is 0 Å². The molecule has 0 aromatic carbocycles. The lowest BCUT2D eigenvalue weighted by molar-refractivity contribution is 0.199. The maximum Gasteiger partial charge on any atom is 0.0594 e. The average Bonchev–Trinajstić information content (AvgIpc) is 2.74. The van der Waals surface area contributed by atoms with Gasteiger partial charge in [0.25, 0.3) is 0 Å². The highest BCUT2D eigenvalue weighted by Crippen LogP contribution is 2.37. The molecular formula is C8H14O2S2. The molecular weight excluding hydrogens is 192 g/mol. The fourth-order valence-corrected chi connectivity index (χ4v) is 4.19. The second-order valence-corrected chi connectivity index (χ2v) is 6.04. The van der Waals surface area contributed by atoms with Crippen molar-refractivity contribution in [3.8, 4) is 0 Å². The Labute approximate surface area is 81.2 Å². The molecule has 2 saturated heterocycles. The SMILES string of the molecule is C1CC(SSC2CCOC2)CO1. The molecule has 2 fully saturated rings. The molecule has 0 bridgehead atoms. The van der Waals surface area contributed by atoms with Gasteiger partial charge in [-0.15, -0.1) is 0 Å². The Bertz CT molecular complexity index is 115. The Morgan fingerprint density at radius 1 is 0.833 bits per heavy atom. The summed E-state index contributed by atoms with van der Waals surface area (Å²) in [5, 5.41) is 1.46. The van der Waals surface area contributed by atoms with Gasteiger partial charge < -0.3 is 9.47 Å². The van der Waals surface area contributed by atoms with E-state index < -0.39 is 0 Å². The van der Waals surface area contributed by atoms with Crippen LogP contribution in [0.2, 0.25) is 0 Å². The van der Waals surface area contributed by atoms with Gasteiger partial charge in [0.1, 0.15) is 0 Å². The minimum atomic E-state index is 0.732. The molecule has 2 nitrogen and oxygen atoms in total. The summed E-state index contributed by atoms with van der Waals surface area (Å²) in [7, 11) is 3.99. The van der Waals surface area contributed by atoms with Gasteiger partial charge in [0.05, 0.1) is 13.2 Å². The molecule has 0 amide bonds. The zero-order valence-electron chi connectivity index (χ0n) is 7.03. The van der Waals surface area contributed by atoms with E-state index >= 15 is 0 Å². The first-order valence-electron chi connectivity index (χ1n) is 4.43. The second kappa shape index (κ2) is 4.74.